The van der Waals surface area contributed by atoms with Crippen LogP contribution in [0, 0.1) is 5.92 Å². The van der Waals surface area contributed by atoms with E-state index in [1.54, 1.807) is 6.92 Å². The molecule has 0 aliphatic carbocycles. The van der Waals surface area contributed by atoms with Gasteiger partial charge < -0.3 is 10.8 Å². The van der Waals surface area contributed by atoms with Crippen LogP contribution in [0.4, 0.5) is 0 Å². The standard InChI is InChI=1S/C7H17NO.ClH/c1-4-6(2)7(3,9)5-8;/h6,9H,4-5,8H2,1-3H3;1H. The van der Waals surface area contributed by atoms with Gasteiger partial charge >= 0.3 is 0 Å². The van der Waals surface area contributed by atoms with Gasteiger partial charge in [-0.05, 0) is 12.8 Å². The van der Waals surface area contributed by atoms with Gasteiger partial charge in [0.1, 0.15) is 0 Å². The maximum absolute atomic E-state index is 9.47. The lowest BCUT2D eigenvalue weighted by Crippen LogP contribution is -2.40. The molecule has 0 bridgehead atoms. The fourth-order valence-corrected chi connectivity index (χ4v) is 0.641. The molecule has 0 saturated heterocycles. The van der Waals surface area contributed by atoms with Crippen LogP contribution in [-0.2, 0) is 0 Å². The summed E-state index contributed by atoms with van der Waals surface area (Å²) < 4.78 is 0. The van der Waals surface area contributed by atoms with Crippen molar-refractivity contribution in [3.05, 3.63) is 0 Å². The molecule has 10 heavy (non-hydrogen) atoms. The van der Waals surface area contributed by atoms with Gasteiger partial charge in [0, 0.05) is 6.54 Å². The van der Waals surface area contributed by atoms with E-state index in [2.05, 4.69) is 6.92 Å². The highest BCUT2D eigenvalue weighted by molar-refractivity contribution is 5.85. The Labute approximate surface area is 69.2 Å². The Kier molecular flexibility index (Phi) is 6.35. The Morgan fingerprint density at radius 1 is 1.60 bits per heavy atom. The van der Waals surface area contributed by atoms with E-state index < -0.39 is 5.60 Å². The molecular formula is C7H18ClNO. The minimum atomic E-state index is -0.672. The van der Waals surface area contributed by atoms with Gasteiger partial charge in [0.2, 0.25) is 0 Å². The first-order valence-corrected chi connectivity index (χ1v) is 3.47. The summed E-state index contributed by atoms with van der Waals surface area (Å²) >= 11 is 0. The minimum absolute atomic E-state index is 0. The largest absolute Gasteiger partial charge is 0.389 e. The lowest BCUT2D eigenvalue weighted by molar-refractivity contribution is 0.0135. The SMILES string of the molecule is CCC(C)C(C)(O)CN.Cl. The predicted molar refractivity (Wildman–Crippen MR) is 46.4 cm³/mol. The van der Waals surface area contributed by atoms with Gasteiger partial charge in [-0.25, -0.2) is 0 Å². The fraction of sp³-hybridized carbons (Fsp3) is 1.00. The quantitative estimate of drug-likeness (QED) is 0.663. The lowest BCUT2D eigenvalue weighted by Gasteiger charge is -2.27. The van der Waals surface area contributed by atoms with E-state index in [9.17, 15) is 5.11 Å². The van der Waals surface area contributed by atoms with Crippen molar-refractivity contribution in [2.75, 3.05) is 6.54 Å². The molecule has 3 N–H and O–H groups in total. The van der Waals surface area contributed by atoms with Crippen LogP contribution in [0.25, 0.3) is 0 Å². The third-order valence-corrected chi connectivity index (χ3v) is 2.09. The highest BCUT2D eigenvalue weighted by atomic mass is 35.5. The highest BCUT2D eigenvalue weighted by Crippen LogP contribution is 2.17. The Balaban J connectivity index is 0. The molecule has 2 unspecified atom stereocenters. The van der Waals surface area contributed by atoms with Crippen molar-refractivity contribution in [3.63, 3.8) is 0 Å². The van der Waals surface area contributed by atoms with Gasteiger partial charge in [-0.3, -0.25) is 0 Å². The molecule has 0 aliphatic heterocycles. The number of hydrogen-bond acceptors (Lipinski definition) is 2. The van der Waals surface area contributed by atoms with E-state index in [1.807, 2.05) is 6.92 Å². The van der Waals surface area contributed by atoms with E-state index in [-0.39, 0.29) is 12.4 Å². The number of rotatable bonds is 3. The maximum Gasteiger partial charge on any atom is 0.0766 e. The first-order chi connectivity index (χ1) is 4.04. The number of aliphatic hydroxyl groups is 1. The van der Waals surface area contributed by atoms with E-state index in [4.69, 9.17) is 5.73 Å². The smallest absolute Gasteiger partial charge is 0.0766 e. The zero-order chi connectivity index (χ0) is 7.49. The third-order valence-electron chi connectivity index (χ3n) is 2.09. The number of hydrogen-bond donors (Lipinski definition) is 2. The van der Waals surface area contributed by atoms with Crippen LogP contribution in [0.1, 0.15) is 27.2 Å². The average molecular weight is 168 g/mol. The van der Waals surface area contributed by atoms with Gasteiger partial charge in [-0.2, -0.15) is 0 Å². The first kappa shape index (κ1) is 12.8. The minimum Gasteiger partial charge on any atom is -0.389 e. The van der Waals surface area contributed by atoms with Crippen molar-refractivity contribution in [1.82, 2.24) is 0 Å². The molecule has 2 atom stereocenters. The summed E-state index contributed by atoms with van der Waals surface area (Å²) in [7, 11) is 0. The van der Waals surface area contributed by atoms with Crippen LogP contribution in [0.2, 0.25) is 0 Å². The molecule has 0 aromatic carbocycles. The summed E-state index contributed by atoms with van der Waals surface area (Å²) in [6, 6.07) is 0. The normalized spacial score (nSPS) is 18.9. The second kappa shape index (κ2) is 4.94. The molecule has 0 aliphatic rings. The zero-order valence-electron chi connectivity index (χ0n) is 6.92. The molecule has 0 spiro atoms. The van der Waals surface area contributed by atoms with Gasteiger partial charge in [0.15, 0.2) is 0 Å². The van der Waals surface area contributed by atoms with Crippen LogP contribution in [0.3, 0.4) is 0 Å². The first-order valence-electron chi connectivity index (χ1n) is 3.47. The van der Waals surface area contributed by atoms with E-state index in [0.29, 0.717) is 12.5 Å². The second-order valence-electron chi connectivity index (χ2n) is 2.87. The molecule has 0 saturated carbocycles. The monoisotopic (exact) mass is 167 g/mol. The molecule has 0 amide bonds. The predicted octanol–water partition coefficient (Wildman–Crippen LogP) is 1.16. The van der Waals surface area contributed by atoms with Gasteiger partial charge in [0.05, 0.1) is 5.60 Å². The highest BCUT2D eigenvalue weighted by Gasteiger charge is 2.24. The van der Waals surface area contributed by atoms with Crippen LogP contribution in [-0.4, -0.2) is 17.3 Å². The van der Waals surface area contributed by atoms with Crippen LogP contribution in [0.5, 0.6) is 0 Å². The topological polar surface area (TPSA) is 46.2 Å². The number of halogens is 1. The van der Waals surface area contributed by atoms with Gasteiger partial charge in [-0.1, -0.05) is 20.3 Å². The Hall–Kier alpha value is 0.210. The Bertz CT molecular complexity index is 85.7. The van der Waals surface area contributed by atoms with Crippen molar-refractivity contribution in [3.8, 4) is 0 Å². The number of nitrogens with two attached hydrogens (primary N) is 1. The molecule has 0 fully saturated rings. The fourth-order valence-electron chi connectivity index (χ4n) is 0.641. The molecule has 64 valence electrons. The maximum atomic E-state index is 9.47. The molecule has 0 aromatic heterocycles. The molecule has 0 aromatic rings. The lowest BCUT2D eigenvalue weighted by atomic mass is 9.89. The average Bonchev–Trinajstić information content (AvgIpc) is 1.86. The summed E-state index contributed by atoms with van der Waals surface area (Å²) in [5.74, 6) is 0.294. The summed E-state index contributed by atoms with van der Waals surface area (Å²) in [4.78, 5) is 0. The van der Waals surface area contributed by atoms with Crippen LogP contribution in [0.15, 0.2) is 0 Å². The molecular weight excluding hydrogens is 150 g/mol. The van der Waals surface area contributed by atoms with Crippen molar-refractivity contribution < 1.29 is 5.11 Å². The summed E-state index contributed by atoms with van der Waals surface area (Å²) in [6.45, 7) is 6.19. The summed E-state index contributed by atoms with van der Waals surface area (Å²) in [5.41, 5.74) is 4.66. The van der Waals surface area contributed by atoms with Gasteiger partial charge in [0.25, 0.3) is 0 Å². The summed E-state index contributed by atoms with van der Waals surface area (Å²) in [6.07, 6.45) is 0.976. The van der Waals surface area contributed by atoms with E-state index >= 15 is 0 Å². The van der Waals surface area contributed by atoms with Crippen molar-refractivity contribution in [2.45, 2.75) is 32.8 Å². The molecule has 2 nitrogen and oxygen atoms in total. The Morgan fingerprint density at radius 2 is 2.00 bits per heavy atom. The molecule has 3 heteroatoms. The van der Waals surface area contributed by atoms with Crippen LogP contribution >= 0.6 is 12.4 Å². The van der Waals surface area contributed by atoms with Crippen molar-refractivity contribution >= 4 is 12.4 Å². The van der Waals surface area contributed by atoms with Crippen molar-refractivity contribution in [1.29, 1.82) is 0 Å². The molecule has 0 radical (unpaired) electrons. The van der Waals surface area contributed by atoms with Crippen molar-refractivity contribution in [2.24, 2.45) is 11.7 Å². The second-order valence-corrected chi connectivity index (χ2v) is 2.87. The van der Waals surface area contributed by atoms with E-state index in [0.717, 1.165) is 6.42 Å². The molecule has 0 heterocycles. The summed E-state index contributed by atoms with van der Waals surface area (Å²) in [5, 5.41) is 9.47. The van der Waals surface area contributed by atoms with Crippen LogP contribution < -0.4 is 5.73 Å². The van der Waals surface area contributed by atoms with Gasteiger partial charge in [-0.15, -0.1) is 12.4 Å². The zero-order valence-corrected chi connectivity index (χ0v) is 7.74. The third kappa shape index (κ3) is 3.40. The van der Waals surface area contributed by atoms with E-state index in [1.165, 1.54) is 0 Å². The molecule has 0 rings (SSSR count). The Morgan fingerprint density at radius 3 is 2.10 bits per heavy atom.